The Labute approximate surface area is 150 Å². The molecule has 1 amide bonds. The Morgan fingerprint density at radius 3 is 2.72 bits per heavy atom. The summed E-state index contributed by atoms with van der Waals surface area (Å²) in [5, 5.41) is 12.1. The minimum atomic E-state index is -1.05. The molecule has 0 aliphatic carbocycles. The number of amides is 1. The van der Waals surface area contributed by atoms with Crippen molar-refractivity contribution in [3.8, 4) is 5.75 Å². The van der Waals surface area contributed by atoms with Gasteiger partial charge in [0.15, 0.2) is 0 Å². The fraction of sp³-hybridized carbons (Fsp3) is 0.263. The number of carboxylic acid groups (broad SMARTS) is 1. The number of ether oxygens (including phenoxy) is 1. The van der Waals surface area contributed by atoms with E-state index in [1.807, 2.05) is 38.1 Å². The maximum atomic E-state index is 12.8. The lowest BCUT2D eigenvalue weighted by Crippen LogP contribution is -2.22. The van der Waals surface area contributed by atoms with E-state index in [1.54, 1.807) is 17.8 Å². The van der Waals surface area contributed by atoms with E-state index in [9.17, 15) is 14.7 Å². The largest absolute Gasteiger partial charge is 0.489 e. The van der Waals surface area contributed by atoms with Gasteiger partial charge in [-0.2, -0.15) is 0 Å². The summed E-state index contributed by atoms with van der Waals surface area (Å²) < 4.78 is 5.70. The molecule has 5 nitrogen and oxygen atoms in total. The summed E-state index contributed by atoms with van der Waals surface area (Å²) in [7, 11) is 0. The van der Waals surface area contributed by atoms with Crippen LogP contribution in [0.4, 0.5) is 5.69 Å². The van der Waals surface area contributed by atoms with Crippen LogP contribution in [0.15, 0.2) is 47.4 Å². The molecule has 0 aromatic heterocycles. The van der Waals surface area contributed by atoms with E-state index in [0.29, 0.717) is 17.2 Å². The van der Waals surface area contributed by atoms with Crippen LogP contribution in [-0.2, 0) is 4.79 Å². The molecule has 1 unspecified atom stereocenters. The molecular weight excluding hydrogens is 338 g/mol. The summed E-state index contributed by atoms with van der Waals surface area (Å²) >= 11 is 1.65. The van der Waals surface area contributed by atoms with Crippen molar-refractivity contribution < 1.29 is 19.4 Å². The van der Waals surface area contributed by atoms with Crippen LogP contribution in [-0.4, -0.2) is 28.8 Å². The second-order valence-corrected chi connectivity index (χ2v) is 7.14. The van der Waals surface area contributed by atoms with Crippen molar-refractivity contribution in [2.45, 2.75) is 30.8 Å². The first kappa shape index (κ1) is 17.4. The lowest BCUT2D eigenvalue weighted by Gasteiger charge is -2.17. The van der Waals surface area contributed by atoms with Crippen molar-refractivity contribution in [1.29, 1.82) is 0 Å². The van der Waals surface area contributed by atoms with Crippen molar-refractivity contribution in [3.63, 3.8) is 0 Å². The van der Waals surface area contributed by atoms with Crippen LogP contribution in [0.5, 0.6) is 5.75 Å². The number of carboxylic acids is 1. The molecule has 2 aromatic rings. The third-order valence-electron chi connectivity index (χ3n) is 3.86. The molecular formula is C19H19NO4S. The van der Waals surface area contributed by atoms with Crippen LogP contribution in [0, 0.1) is 0 Å². The maximum Gasteiger partial charge on any atom is 0.335 e. The molecule has 0 bridgehead atoms. The van der Waals surface area contributed by atoms with Gasteiger partial charge in [0, 0.05) is 10.6 Å². The van der Waals surface area contributed by atoms with Gasteiger partial charge in [0.2, 0.25) is 5.91 Å². The molecule has 0 spiro atoms. The number of hydrogen-bond acceptors (Lipinski definition) is 4. The van der Waals surface area contributed by atoms with Gasteiger partial charge in [0.25, 0.3) is 0 Å². The average Bonchev–Trinajstić information content (AvgIpc) is 3.00. The highest BCUT2D eigenvalue weighted by molar-refractivity contribution is 7.99. The summed E-state index contributed by atoms with van der Waals surface area (Å²) in [6.07, 6.45) is -0.0888. The minimum absolute atomic E-state index is 0.0888. The third-order valence-corrected chi connectivity index (χ3v) is 5.05. The second-order valence-electron chi connectivity index (χ2n) is 6.07. The number of hydrogen-bond donors (Lipinski definition) is 2. The summed E-state index contributed by atoms with van der Waals surface area (Å²) in [5.74, 6) is -0.333. The molecule has 130 valence electrons. The highest BCUT2D eigenvalue weighted by Gasteiger charge is 2.29. The van der Waals surface area contributed by atoms with E-state index < -0.39 is 5.97 Å². The normalized spacial score (nSPS) is 15.7. The smallest absolute Gasteiger partial charge is 0.335 e. The van der Waals surface area contributed by atoms with Gasteiger partial charge in [-0.05, 0) is 43.7 Å². The molecule has 2 N–H and O–H groups in total. The first-order chi connectivity index (χ1) is 12.0. The summed E-state index contributed by atoms with van der Waals surface area (Å²) in [4.78, 5) is 25.1. The predicted molar refractivity (Wildman–Crippen MR) is 97.7 cm³/mol. The number of nitrogens with one attached hydrogen (secondary N) is 1. The molecule has 1 aliphatic rings. The lowest BCUT2D eigenvalue weighted by atomic mass is 10.0. The Morgan fingerprint density at radius 2 is 2.00 bits per heavy atom. The second kappa shape index (κ2) is 7.19. The summed E-state index contributed by atoms with van der Waals surface area (Å²) in [6.45, 7) is 3.75. The molecule has 2 aromatic carbocycles. The topological polar surface area (TPSA) is 75.6 Å². The number of aromatic carboxylic acids is 1. The first-order valence-electron chi connectivity index (χ1n) is 8.02. The van der Waals surface area contributed by atoms with E-state index in [-0.39, 0.29) is 23.5 Å². The zero-order valence-corrected chi connectivity index (χ0v) is 14.8. The van der Waals surface area contributed by atoms with Crippen LogP contribution in [0.2, 0.25) is 0 Å². The summed E-state index contributed by atoms with van der Waals surface area (Å²) in [6, 6.07) is 12.3. The van der Waals surface area contributed by atoms with E-state index in [4.69, 9.17) is 4.74 Å². The van der Waals surface area contributed by atoms with Crippen molar-refractivity contribution in [1.82, 2.24) is 0 Å². The Bertz CT molecular complexity index is 819. The van der Waals surface area contributed by atoms with Crippen LogP contribution >= 0.6 is 11.8 Å². The highest BCUT2D eigenvalue weighted by Crippen LogP contribution is 2.40. The van der Waals surface area contributed by atoms with Crippen LogP contribution in [0.3, 0.4) is 0 Å². The molecule has 0 fully saturated rings. The molecule has 0 saturated heterocycles. The third kappa shape index (κ3) is 3.79. The summed E-state index contributed by atoms with van der Waals surface area (Å²) in [5.41, 5.74) is 1.49. The fourth-order valence-corrected chi connectivity index (χ4v) is 3.95. The lowest BCUT2D eigenvalue weighted by molar-refractivity contribution is -0.117. The number of thioether (sulfide) groups is 1. The van der Waals surface area contributed by atoms with Gasteiger partial charge in [0.1, 0.15) is 5.75 Å². The van der Waals surface area contributed by atoms with Gasteiger partial charge < -0.3 is 15.2 Å². The molecule has 1 aliphatic heterocycles. The molecule has 25 heavy (non-hydrogen) atoms. The van der Waals surface area contributed by atoms with Gasteiger partial charge in [0.05, 0.1) is 23.3 Å². The predicted octanol–water partition coefficient (Wildman–Crippen LogP) is 4.00. The first-order valence-corrected chi connectivity index (χ1v) is 9.01. The molecule has 1 heterocycles. The maximum absolute atomic E-state index is 12.8. The van der Waals surface area contributed by atoms with Crippen molar-refractivity contribution in [2.24, 2.45) is 0 Å². The standard InChI is InChI=1S/C19H19NO4S/c1-11(2)24-16-8-7-12(19(22)23)9-15(16)20-18(21)14-10-25-17-6-4-3-5-13(14)17/h3-9,11,14H,10H2,1-2H3,(H,20,21)(H,22,23). The SMILES string of the molecule is CC(C)Oc1ccc(C(=O)O)cc1NC(=O)C1CSc2ccccc21. The van der Waals surface area contributed by atoms with Gasteiger partial charge >= 0.3 is 5.97 Å². The Balaban J connectivity index is 1.87. The minimum Gasteiger partial charge on any atom is -0.489 e. The number of fused-ring (bicyclic) bond motifs is 1. The van der Waals surface area contributed by atoms with Gasteiger partial charge in [-0.1, -0.05) is 18.2 Å². The quantitative estimate of drug-likeness (QED) is 0.846. The van der Waals surface area contributed by atoms with Gasteiger partial charge in [-0.3, -0.25) is 4.79 Å². The zero-order chi connectivity index (χ0) is 18.0. The molecule has 0 saturated carbocycles. The highest BCUT2D eigenvalue weighted by atomic mass is 32.2. The van der Waals surface area contributed by atoms with Crippen LogP contribution in [0.1, 0.15) is 35.7 Å². The zero-order valence-electron chi connectivity index (χ0n) is 14.0. The Morgan fingerprint density at radius 1 is 1.24 bits per heavy atom. The number of carbonyl (C=O) groups is 2. The molecule has 6 heteroatoms. The number of benzene rings is 2. The van der Waals surface area contributed by atoms with Crippen molar-refractivity contribution in [2.75, 3.05) is 11.1 Å². The van der Waals surface area contributed by atoms with E-state index in [1.165, 1.54) is 12.1 Å². The molecule has 0 radical (unpaired) electrons. The van der Waals surface area contributed by atoms with Crippen LogP contribution < -0.4 is 10.1 Å². The number of rotatable bonds is 5. The van der Waals surface area contributed by atoms with Gasteiger partial charge in [-0.15, -0.1) is 11.8 Å². The Hall–Kier alpha value is -2.47. The number of carbonyl (C=O) groups excluding carboxylic acids is 1. The monoisotopic (exact) mass is 357 g/mol. The average molecular weight is 357 g/mol. The Kier molecular flexibility index (Phi) is 4.99. The number of anilines is 1. The van der Waals surface area contributed by atoms with Crippen molar-refractivity contribution in [3.05, 3.63) is 53.6 Å². The van der Waals surface area contributed by atoms with E-state index >= 15 is 0 Å². The van der Waals surface area contributed by atoms with Gasteiger partial charge in [-0.25, -0.2) is 4.79 Å². The molecule has 1 atom stereocenters. The van der Waals surface area contributed by atoms with E-state index in [0.717, 1.165) is 10.5 Å². The molecule has 3 rings (SSSR count). The fourth-order valence-electron chi connectivity index (χ4n) is 2.72. The van der Waals surface area contributed by atoms with Crippen LogP contribution in [0.25, 0.3) is 0 Å². The van der Waals surface area contributed by atoms with Crippen molar-refractivity contribution >= 4 is 29.3 Å². The van der Waals surface area contributed by atoms with E-state index in [2.05, 4.69) is 5.32 Å².